The molecule has 2 aromatic rings. The maximum absolute atomic E-state index is 9.26. The number of rotatable bonds is 8. The Kier molecular flexibility index (Phi) is 6.05. The summed E-state index contributed by atoms with van der Waals surface area (Å²) in [5.41, 5.74) is 4.74. The molecule has 0 aliphatic heterocycles. The molecule has 0 amide bonds. The zero-order valence-corrected chi connectivity index (χ0v) is 11.2. The second-order valence-corrected chi connectivity index (χ2v) is 4.39. The Morgan fingerprint density at radius 2 is 1.60 bits per heavy atom. The standard InChI is InChI=1S/C16H19NO3/c18-11-16(20-17-15-9-5-2-6-10-15)13-19-12-14-7-3-1-4-8-14/h1-10,16-18H,11-13H2/t16-/m0/s1. The van der Waals surface area contributed by atoms with Crippen molar-refractivity contribution in [2.24, 2.45) is 0 Å². The summed E-state index contributed by atoms with van der Waals surface area (Å²) in [5, 5.41) is 9.26. The first-order valence-corrected chi connectivity index (χ1v) is 6.57. The highest BCUT2D eigenvalue weighted by Gasteiger charge is 2.08. The van der Waals surface area contributed by atoms with Crippen LogP contribution in [0.1, 0.15) is 5.56 Å². The maximum Gasteiger partial charge on any atom is 0.132 e. The van der Waals surface area contributed by atoms with Crippen molar-refractivity contribution in [2.45, 2.75) is 12.7 Å². The predicted octanol–water partition coefficient (Wildman–Crippen LogP) is 2.61. The minimum absolute atomic E-state index is 0.103. The van der Waals surface area contributed by atoms with Crippen LogP contribution in [-0.2, 0) is 16.2 Å². The number of aliphatic hydroxyl groups excluding tert-OH is 1. The average molecular weight is 273 g/mol. The van der Waals surface area contributed by atoms with Crippen LogP contribution in [0.3, 0.4) is 0 Å². The summed E-state index contributed by atoms with van der Waals surface area (Å²) >= 11 is 0. The number of hydrogen-bond acceptors (Lipinski definition) is 4. The van der Waals surface area contributed by atoms with Crippen LogP contribution in [0, 0.1) is 0 Å². The van der Waals surface area contributed by atoms with Crippen molar-refractivity contribution < 1.29 is 14.7 Å². The largest absolute Gasteiger partial charge is 0.393 e. The first-order valence-electron chi connectivity index (χ1n) is 6.57. The highest BCUT2D eigenvalue weighted by atomic mass is 16.7. The lowest BCUT2D eigenvalue weighted by Crippen LogP contribution is -2.26. The van der Waals surface area contributed by atoms with Crippen LogP contribution in [0.15, 0.2) is 60.7 Å². The van der Waals surface area contributed by atoms with Gasteiger partial charge in [-0.25, -0.2) is 0 Å². The molecule has 0 aliphatic carbocycles. The molecular weight excluding hydrogens is 254 g/mol. The average Bonchev–Trinajstić information content (AvgIpc) is 2.52. The summed E-state index contributed by atoms with van der Waals surface area (Å²) in [4.78, 5) is 5.39. The minimum atomic E-state index is -0.404. The van der Waals surface area contributed by atoms with Crippen molar-refractivity contribution in [2.75, 3.05) is 18.7 Å². The number of anilines is 1. The molecule has 0 unspecified atom stereocenters. The molecule has 1 atom stereocenters. The Morgan fingerprint density at radius 3 is 2.25 bits per heavy atom. The van der Waals surface area contributed by atoms with E-state index in [4.69, 9.17) is 9.57 Å². The van der Waals surface area contributed by atoms with Crippen LogP contribution < -0.4 is 5.48 Å². The van der Waals surface area contributed by atoms with E-state index < -0.39 is 6.10 Å². The van der Waals surface area contributed by atoms with Gasteiger partial charge < -0.3 is 9.84 Å². The van der Waals surface area contributed by atoms with Gasteiger partial charge in [0.15, 0.2) is 0 Å². The smallest absolute Gasteiger partial charge is 0.132 e. The van der Waals surface area contributed by atoms with Gasteiger partial charge in [-0.15, -0.1) is 0 Å². The van der Waals surface area contributed by atoms with Crippen molar-refractivity contribution in [3.05, 3.63) is 66.2 Å². The fourth-order valence-corrected chi connectivity index (χ4v) is 1.66. The highest BCUT2D eigenvalue weighted by Crippen LogP contribution is 2.07. The van der Waals surface area contributed by atoms with E-state index in [1.807, 2.05) is 60.7 Å². The lowest BCUT2D eigenvalue weighted by Gasteiger charge is -2.16. The molecule has 0 aliphatic rings. The second-order valence-electron chi connectivity index (χ2n) is 4.39. The molecule has 0 aromatic heterocycles. The van der Waals surface area contributed by atoms with E-state index in [1.54, 1.807) is 0 Å². The number of hydrogen-bond donors (Lipinski definition) is 2. The summed E-state index contributed by atoms with van der Waals surface area (Å²) in [6.45, 7) is 0.728. The SMILES string of the molecule is OC[C@@H](COCc1ccccc1)ONc1ccccc1. The van der Waals surface area contributed by atoms with E-state index in [0.717, 1.165) is 11.3 Å². The van der Waals surface area contributed by atoms with E-state index in [2.05, 4.69) is 5.48 Å². The molecule has 106 valence electrons. The van der Waals surface area contributed by atoms with Crippen LogP contribution >= 0.6 is 0 Å². The molecular formula is C16H19NO3. The Morgan fingerprint density at radius 1 is 0.950 bits per heavy atom. The van der Waals surface area contributed by atoms with Gasteiger partial charge in [0.05, 0.1) is 25.5 Å². The Bertz CT molecular complexity index is 476. The van der Waals surface area contributed by atoms with Crippen molar-refractivity contribution in [3.63, 3.8) is 0 Å². The zero-order chi connectivity index (χ0) is 14.0. The molecule has 4 nitrogen and oxygen atoms in total. The first-order chi connectivity index (χ1) is 9.88. The number of aliphatic hydroxyl groups is 1. The van der Waals surface area contributed by atoms with E-state index in [1.165, 1.54) is 0 Å². The Hall–Kier alpha value is -1.88. The van der Waals surface area contributed by atoms with Gasteiger partial charge in [-0.05, 0) is 17.7 Å². The van der Waals surface area contributed by atoms with Gasteiger partial charge in [0.1, 0.15) is 6.10 Å². The Labute approximate surface area is 118 Å². The number of benzene rings is 2. The second kappa shape index (κ2) is 8.32. The number of ether oxygens (including phenoxy) is 1. The number of para-hydroxylation sites is 1. The Balaban J connectivity index is 1.70. The maximum atomic E-state index is 9.26. The zero-order valence-electron chi connectivity index (χ0n) is 11.2. The van der Waals surface area contributed by atoms with Crippen LogP contribution in [0.2, 0.25) is 0 Å². The summed E-state index contributed by atoms with van der Waals surface area (Å²) < 4.78 is 5.54. The van der Waals surface area contributed by atoms with Crippen molar-refractivity contribution in [3.8, 4) is 0 Å². The van der Waals surface area contributed by atoms with Gasteiger partial charge in [0.25, 0.3) is 0 Å². The highest BCUT2D eigenvalue weighted by molar-refractivity contribution is 5.40. The van der Waals surface area contributed by atoms with Crippen molar-refractivity contribution in [1.82, 2.24) is 0 Å². The van der Waals surface area contributed by atoms with Crippen LogP contribution in [0.25, 0.3) is 0 Å². The van der Waals surface area contributed by atoms with Crippen molar-refractivity contribution in [1.29, 1.82) is 0 Å². The van der Waals surface area contributed by atoms with Crippen LogP contribution in [0.5, 0.6) is 0 Å². The van der Waals surface area contributed by atoms with Gasteiger partial charge in [0.2, 0.25) is 0 Å². The normalized spacial score (nSPS) is 12.1. The van der Waals surface area contributed by atoms with Gasteiger partial charge in [-0.3, -0.25) is 10.3 Å². The minimum Gasteiger partial charge on any atom is -0.393 e. The molecule has 2 aromatic carbocycles. The summed E-state index contributed by atoms with van der Waals surface area (Å²) in [6.07, 6.45) is -0.404. The topological polar surface area (TPSA) is 50.7 Å². The molecule has 0 saturated carbocycles. The molecule has 0 heterocycles. The van der Waals surface area contributed by atoms with Gasteiger partial charge >= 0.3 is 0 Å². The van der Waals surface area contributed by atoms with Crippen LogP contribution in [0.4, 0.5) is 5.69 Å². The van der Waals surface area contributed by atoms with Crippen LogP contribution in [-0.4, -0.2) is 24.4 Å². The first kappa shape index (κ1) is 14.5. The molecule has 4 heteroatoms. The summed E-state index contributed by atoms with van der Waals surface area (Å²) in [5.74, 6) is 0. The molecule has 0 bridgehead atoms. The summed E-state index contributed by atoms with van der Waals surface area (Å²) in [7, 11) is 0. The fraction of sp³-hybridized carbons (Fsp3) is 0.250. The molecule has 2 N–H and O–H groups in total. The summed E-state index contributed by atoms with van der Waals surface area (Å²) in [6, 6.07) is 19.4. The predicted molar refractivity (Wildman–Crippen MR) is 78.1 cm³/mol. The lowest BCUT2D eigenvalue weighted by atomic mass is 10.2. The molecule has 20 heavy (non-hydrogen) atoms. The lowest BCUT2D eigenvalue weighted by molar-refractivity contribution is -0.0257. The molecule has 0 radical (unpaired) electrons. The molecule has 0 spiro atoms. The van der Waals surface area contributed by atoms with Crippen molar-refractivity contribution >= 4 is 5.69 Å². The molecule has 0 saturated heterocycles. The third-order valence-corrected chi connectivity index (χ3v) is 2.74. The van der Waals surface area contributed by atoms with E-state index in [0.29, 0.717) is 13.2 Å². The fourth-order valence-electron chi connectivity index (χ4n) is 1.66. The molecule has 2 rings (SSSR count). The number of nitrogens with one attached hydrogen (secondary N) is 1. The third kappa shape index (κ3) is 5.01. The van der Waals surface area contributed by atoms with E-state index in [-0.39, 0.29) is 6.61 Å². The van der Waals surface area contributed by atoms with E-state index >= 15 is 0 Å². The monoisotopic (exact) mass is 273 g/mol. The third-order valence-electron chi connectivity index (χ3n) is 2.74. The van der Waals surface area contributed by atoms with Gasteiger partial charge in [0, 0.05) is 0 Å². The van der Waals surface area contributed by atoms with E-state index in [9.17, 15) is 5.11 Å². The van der Waals surface area contributed by atoms with Gasteiger partial charge in [-0.1, -0.05) is 48.5 Å². The quantitative estimate of drug-likeness (QED) is 0.726. The van der Waals surface area contributed by atoms with Gasteiger partial charge in [-0.2, -0.15) is 0 Å². The molecule has 0 fully saturated rings.